The van der Waals surface area contributed by atoms with E-state index in [1.54, 1.807) is 10.7 Å². The molecule has 0 atom stereocenters. The molecular formula is C13H12BrN5. The van der Waals surface area contributed by atoms with Gasteiger partial charge in [0.1, 0.15) is 4.60 Å². The molecule has 0 unspecified atom stereocenters. The predicted molar refractivity (Wildman–Crippen MR) is 77.0 cm³/mol. The first-order valence-corrected chi connectivity index (χ1v) is 6.66. The monoisotopic (exact) mass is 317 g/mol. The quantitative estimate of drug-likeness (QED) is 0.755. The van der Waals surface area contributed by atoms with Gasteiger partial charge >= 0.3 is 0 Å². The third-order valence-electron chi connectivity index (χ3n) is 2.71. The molecule has 0 saturated heterocycles. The minimum absolute atomic E-state index is 0.686. The van der Waals surface area contributed by atoms with Gasteiger partial charge in [0, 0.05) is 30.6 Å². The van der Waals surface area contributed by atoms with E-state index in [2.05, 4.69) is 36.3 Å². The van der Waals surface area contributed by atoms with Gasteiger partial charge in [-0.1, -0.05) is 0 Å². The molecule has 3 aromatic heterocycles. The number of halogens is 1. The molecule has 0 saturated carbocycles. The van der Waals surface area contributed by atoms with Crippen molar-refractivity contribution in [1.82, 2.24) is 19.6 Å². The van der Waals surface area contributed by atoms with Crippen molar-refractivity contribution < 1.29 is 0 Å². The fourth-order valence-corrected chi connectivity index (χ4v) is 2.04. The molecular weight excluding hydrogens is 306 g/mol. The number of nitrogens with zero attached hydrogens (tertiary/aromatic N) is 4. The molecule has 3 rings (SSSR count). The Morgan fingerprint density at radius 2 is 2.16 bits per heavy atom. The number of pyridine rings is 1. The maximum atomic E-state index is 4.37. The zero-order valence-electron chi connectivity index (χ0n) is 10.3. The van der Waals surface area contributed by atoms with Gasteiger partial charge in [0.25, 0.3) is 0 Å². The van der Waals surface area contributed by atoms with Gasteiger partial charge in [-0.3, -0.25) is 0 Å². The van der Waals surface area contributed by atoms with Gasteiger partial charge < -0.3 is 5.32 Å². The van der Waals surface area contributed by atoms with Crippen LogP contribution in [-0.2, 0) is 6.54 Å². The van der Waals surface area contributed by atoms with Gasteiger partial charge in [0.05, 0.1) is 17.6 Å². The van der Waals surface area contributed by atoms with Gasteiger partial charge in [0.2, 0.25) is 0 Å². The molecule has 6 heteroatoms. The number of nitrogens with one attached hydrogen (secondary N) is 1. The van der Waals surface area contributed by atoms with Crippen molar-refractivity contribution in [3.8, 4) is 0 Å². The van der Waals surface area contributed by atoms with Crippen molar-refractivity contribution in [2.24, 2.45) is 0 Å². The first-order chi connectivity index (χ1) is 9.20. The van der Waals surface area contributed by atoms with E-state index in [9.17, 15) is 0 Å². The van der Waals surface area contributed by atoms with Gasteiger partial charge in [-0.05, 0) is 35.0 Å². The second kappa shape index (κ2) is 4.97. The number of rotatable bonds is 3. The number of hydrogen-bond acceptors (Lipinski definition) is 4. The molecule has 0 spiro atoms. The summed E-state index contributed by atoms with van der Waals surface area (Å²) in [6, 6.07) is 5.83. The highest BCUT2D eigenvalue weighted by atomic mass is 79.9. The average molecular weight is 318 g/mol. The minimum Gasteiger partial charge on any atom is -0.380 e. The molecule has 0 aliphatic carbocycles. The first-order valence-electron chi connectivity index (χ1n) is 5.87. The smallest absolute Gasteiger partial charge is 0.155 e. The Morgan fingerprint density at radius 3 is 2.95 bits per heavy atom. The van der Waals surface area contributed by atoms with Gasteiger partial charge in [-0.25, -0.2) is 14.5 Å². The van der Waals surface area contributed by atoms with E-state index in [0.717, 1.165) is 27.2 Å². The molecule has 3 aromatic rings. The summed E-state index contributed by atoms with van der Waals surface area (Å²) in [6.07, 6.45) is 5.62. The summed E-state index contributed by atoms with van der Waals surface area (Å²) in [5.74, 6) is 0. The molecule has 0 fully saturated rings. The second-order valence-corrected chi connectivity index (χ2v) is 5.09. The number of hydrogen-bond donors (Lipinski definition) is 1. The van der Waals surface area contributed by atoms with Crippen LogP contribution in [0.4, 0.5) is 5.69 Å². The summed E-state index contributed by atoms with van der Waals surface area (Å²) in [6.45, 7) is 2.64. The van der Waals surface area contributed by atoms with Gasteiger partial charge in [-0.15, -0.1) is 0 Å². The Bertz CT molecular complexity index is 705. The van der Waals surface area contributed by atoms with Crippen LogP contribution >= 0.6 is 15.9 Å². The molecule has 0 bridgehead atoms. The van der Waals surface area contributed by atoms with E-state index in [4.69, 9.17) is 0 Å². The lowest BCUT2D eigenvalue weighted by atomic mass is 10.3. The molecule has 19 heavy (non-hydrogen) atoms. The summed E-state index contributed by atoms with van der Waals surface area (Å²) in [4.78, 5) is 8.53. The number of anilines is 1. The molecule has 0 amide bonds. The topological polar surface area (TPSA) is 55.1 Å². The maximum absolute atomic E-state index is 4.37. The van der Waals surface area contributed by atoms with E-state index in [1.165, 1.54) is 0 Å². The summed E-state index contributed by atoms with van der Waals surface area (Å²) >= 11 is 3.31. The highest BCUT2D eigenvalue weighted by molar-refractivity contribution is 9.10. The van der Waals surface area contributed by atoms with E-state index in [0.29, 0.717) is 6.54 Å². The summed E-state index contributed by atoms with van der Waals surface area (Å²) in [5.41, 5.74) is 3.87. The predicted octanol–water partition coefficient (Wildman–Crippen LogP) is 2.81. The van der Waals surface area contributed by atoms with Crippen LogP contribution in [0.15, 0.2) is 41.4 Å². The van der Waals surface area contributed by atoms with Crippen LogP contribution < -0.4 is 5.32 Å². The lowest BCUT2D eigenvalue weighted by Gasteiger charge is -2.06. The van der Waals surface area contributed by atoms with Crippen molar-refractivity contribution in [3.05, 3.63) is 52.7 Å². The van der Waals surface area contributed by atoms with Crippen LogP contribution in [0.1, 0.15) is 11.3 Å². The van der Waals surface area contributed by atoms with Crippen LogP contribution in [0.3, 0.4) is 0 Å². The Hall–Kier alpha value is -1.95. The molecule has 0 aliphatic heterocycles. The number of aryl methyl sites for hydroxylation is 1. The summed E-state index contributed by atoms with van der Waals surface area (Å²) in [7, 11) is 0. The zero-order chi connectivity index (χ0) is 13.2. The maximum Gasteiger partial charge on any atom is 0.155 e. The Morgan fingerprint density at radius 1 is 1.26 bits per heavy atom. The normalized spacial score (nSPS) is 10.8. The van der Waals surface area contributed by atoms with Crippen LogP contribution in [-0.4, -0.2) is 19.6 Å². The Balaban J connectivity index is 1.75. The minimum atomic E-state index is 0.686. The molecule has 0 aliphatic rings. The largest absolute Gasteiger partial charge is 0.380 e. The average Bonchev–Trinajstić information content (AvgIpc) is 2.77. The van der Waals surface area contributed by atoms with Crippen molar-refractivity contribution >= 4 is 27.3 Å². The van der Waals surface area contributed by atoms with Crippen molar-refractivity contribution in [2.75, 3.05) is 5.32 Å². The van der Waals surface area contributed by atoms with Crippen LogP contribution in [0.2, 0.25) is 0 Å². The lowest BCUT2D eigenvalue weighted by molar-refractivity contribution is 0.895. The molecule has 96 valence electrons. The zero-order valence-corrected chi connectivity index (χ0v) is 11.9. The second-order valence-electron chi connectivity index (χ2n) is 4.27. The van der Waals surface area contributed by atoms with Crippen molar-refractivity contribution in [1.29, 1.82) is 0 Å². The summed E-state index contributed by atoms with van der Waals surface area (Å²) in [5, 5.41) is 7.64. The van der Waals surface area contributed by atoms with Crippen LogP contribution in [0, 0.1) is 6.92 Å². The highest BCUT2D eigenvalue weighted by Gasteiger charge is 2.01. The third kappa shape index (κ3) is 2.73. The lowest BCUT2D eigenvalue weighted by Crippen LogP contribution is -2.02. The number of fused-ring (bicyclic) bond motifs is 1. The van der Waals surface area contributed by atoms with Crippen LogP contribution in [0.25, 0.3) is 5.65 Å². The fraction of sp³-hybridized carbons (Fsp3) is 0.154. The first kappa shape index (κ1) is 12.1. The number of aromatic nitrogens is 4. The fourth-order valence-electron chi connectivity index (χ4n) is 1.81. The SMILES string of the molecule is Cc1cc2ncc(CNc3ccc(Br)nc3)cn2n1. The van der Waals surface area contributed by atoms with E-state index in [1.807, 2.05) is 37.5 Å². The standard InChI is InChI=1S/C13H12BrN5/c1-9-4-13-17-6-10(8-19(13)18-9)5-15-11-2-3-12(14)16-7-11/h2-4,6-8,15H,5H2,1H3. The van der Waals surface area contributed by atoms with Gasteiger partial charge in [0.15, 0.2) is 5.65 Å². The summed E-state index contributed by atoms with van der Waals surface area (Å²) < 4.78 is 2.62. The van der Waals surface area contributed by atoms with E-state index >= 15 is 0 Å². The third-order valence-corrected chi connectivity index (χ3v) is 3.18. The van der Waals surface area contributed by atoms with Gasteiger partial charge in [-0.2, -0.15) is 5.10 Å². The highest BCUT2D eigenvalue weighted by Crippen LogP contribution is 2.12. The van der Waals surface area contributed by atoms with Crippen molar-refractivity contribution in [2.45, 2.75) is 13.5 Å². The Labute approximate surface area is 118 Å². The van der Waals surface area contributed by atoms with Crippen molar-refractivity contribution in [3.63, 3.8) is 0 Å². The molecule has 5 nitrogen and oxygen atoms in total. The van der Waals surface area contributed by atoms with Crippen LogP contribution in [0.5, 0.6) is 0 Å². The molecule has 3 heterocycles. The molecule has 0 aromatic carbocycles. The van der Waals surface area contributed by atoms with E-state index in [-0.39, 0.29) is 0 Å². The molecule has 1 N–H and O–H groups in total. The van der Waals surface area contributed by atoms with E-state index < -0.39 is 0 Å². The Kier molecular flexibility index (Phi) is 3.16. The molecule has 0 radical (unpaired) electrons.